The second-order valence-electron chi connectivity index (χ2n) is 3.04. The number of nitriles is 1. The molecule has 0 aliphatic heterocycles. The van der Waals surface area contributed by atoms with E-state index in [1.165, 1.54) is 12.4 Å². The molecule has 0 unspecified atom stereocenters. The van der Waals surface area contributed by atoms with Gasteiger partial charge in [0, 0.05) is 11.8 Å². The molecule has 0 aliphatic rings. The van der Waals surface area contributed by atoms with E-state index in [4.69, 9.17) is 5.26 Å². The third kappa shape index (κ3) is 1.84. The van der Waals surface area contributed by atoms with Crippen LogP contribution >= 0.6 is 0 Å². The van der Waals surface area contributed by atoms with Crippen molar-refractivity contribution in [2.45, 2.75) is 0 Å². The number of hydrogen-bond acceptors (Lipinski definition) is 2. The Morgan fingerprint density at radius 2 is 1.87 bits per heavy atom. The van der Waals surface area contributed by atoms with Gasteiger partial charge in [-0.3, -0.25) is 4.98 Å². The second kappa shape index (κ2) is 3.89. The monoisotopic (exact) mass is 198 g/mol. The lowest BCUT2D eigenvalue weighted by molar-refractivity contribution is 0.625. The molecule has 0 N–H and O–H groups in total. The Kier molecular flexibility index (Phi) is 2.42. The Balaban J connectivity index is 2.47. The van der Waals surface area contributed by atoms with Gasteiger partial charge in [0.1, 0.15) is 5.82 Å². The van der Waals surface area contributed by atoms with Crippen molar-refractivity contribution in [1.29, 1.82) is 5.26 Å². The van der Waals surface area contributed by atoms with Crippen LogP contribution in [0.15, 0.2) is 42.7 Å². The van der Waals surface area contributed by atoms with Gasteiger partial charge in [-0.2, -0.15) is 5.26 Å². The first-order valence-corrected chi connectivity index (χ1v) is 4.41. The van der Waals surface area contributed by atoms with Crippen LogP contribution in [0.3, 0.4) is 0 Å². The summed E-state index contributed by atoms with van der Waals surface area (Å²) in [4.78, 5) is 3.68. The highest BCUT2D eigenvalue weighted by atomic mass is 19.1. The van der Waals surface area contributed by atoms with E-state index >= 15 is 0 Å². The van der Waals surface area contributed by atoms with Crippen molar-refractivity contribution in [2.75, 3.05) is 0 Å². The van der Waals surface area contributed by atoms with E-state index in [2.05, 4.69) is 4.98 Å². The minimum Gasteiger partial charge on any atom is -0.262 e. The highest BCUT2D eigenvalue weighted by Gasteiger charge is 2.03. The van der Waals surface area contributed by atoms with E-state index in [1.54, 1.807) is 30.3 Å². The van der Waals surface area contributed by atoms with Gasteiger partial charge in [0.15, 0.2) is 0 Å². The fourth-order valence-electron chi connectivity index (χ4n) is 1.33. The molecule has 0 radical (unpaired) electrons. The van der Waals surface area contributed by atoms with Crippen LogP contribution in [0.4, 0.5) is 4.39 Å². The van der Waals surface area contributed by atoms with Gasteiger partial charge in [-0.15, -0.1) is 0 Å². The van der Waals surface area contributed by atoms with Gasteiger partial charge in [0.2, 0.25) is 0 Å². The summed E-state index contributed by atoms with van der Waals surface area (Å²) in [6.07, 6.45) is 2.71. The number of hydrogen-bond donors (Lipinski definition) is 0. The molecule has 15 heavy (non-hydrogen) atoms. The van der Waals surface area contributed by atoms with Crippen LogP contribution in [-0.2, 0) is 0 Å². The molecule has 0 spiro atoms. The lowest BCUT2D eigenvalue weighted by Gasteiger charge is -2.01. The first kappa shape index (κ1) is 9.35. The fraction of sp³-hybridized carbons (Fsp3) is 0. The second-order valence-corrected chi connectivity index (χ2v) is 3.04. The van der Waals surface area contributed by atoms with Crippen molar-refractivity contribution in [3.05, 3.63) is 54.1 Å². The van der Waals surface area contributed by atoms with Crippen LogP contribution < -0.4 is 0 Å². The van der Waals surface area contributed by atoms with Gasteiger partial charge in [0.05, 0.1) is 17.8 Å². The van der Waals surface area contributed by atoms with Gasteiger partial charge in [-0.1, -0.05) is 12.1 Å². The Morgan fingerprint density at radius 3 is 2.47 bits per heavy atom. The normalized spacial score (nSPS) is 9.60. The van der Waals surface area contributed by atoms with E-state index in [0.717, 1.165) is 5.56 Å². The Labute approximate surface area is 86.6 Å². The summed E-state index contributed by atoms with van der Waals surface area (Å²) in [5.41, 5.74) is 1.80. The molecular weight excluding hydrogens is 191 g/mol. The number of aromatic nitrogens is 1. The molecule has 0 atom stereocenters. The number of nitrogens with zero attached hydrogens (tertiary/aromatic N) is 2. The molecule has 1 aromatic carbocycles. The third-order valence-corrected chi connectivity index (χ3v) is 2.10. The minimum atomic E-state index is -0.359. The molecule has 0 bridgehead atoms. The molecule has 72 valence electrons. The third-order valence-electron chi connectivity index (χ3n) is 2.10. The summed E-state index contributed by atoms with van der Waals surface area (Å²) in [7, 11) is 0. The smallest absolute Gasteiger partial charge is 0.149 e. The summed E-state index contributed by atoms with van der Waals surface area (Å²) in [5.74, 6) is -0.359. The number of halogens is 1. The summed E-state index contributed by atoms with van der Waals surface area (Å²) >= 11 is 0. The van der Waals surface area contributed by atoms with Crippen LogP contribution in [0.2, 0.25) is 0 Å². The van der Waals surface area contributed by atoms with Crippen molar-refractivity contribution in [2.24, 2.45) is 0 Å². The molecule has 0 saturated carbocycles. The zero-order valence-electron chi connectivity index (χ0n) is 7.81. The molecular formula is C12H7FN2. The quantitative estimate of drug-likeness (QED) is 0.706. The summed E-state index contributed by atoms with van der Waals surface area (Å²) in [6, 6.07) is 10.4. The summed E-state index contributed by atoms with van der Waals surface area (Å²) < 4.78 is 13.3. The van der Waals surface area contributed by atoms with Crippen LogP contribution in [0, 0.1) is 17.1 Å². The van der Waals surface area contributed by atoms with E-state index in [-0.39, 0.29) is 5.82 Å². The Bertz CT molecular complexity index is 512. The maximum absolute atomic E-state index is 13.3. The highest BCUT2D eigenvalue weighted by Crippen LogP contribution is 2.21. The van der Waals surface area contributed by atoms with Gasteiger partial charge < -0.3 is 0 Å². The van der Waals surface area contributed by atoms with Crippen LogP contribution in [0.1, 0.15) is 5.56 Å². The molecule has 0 fully saturated rings. The molecule has 0 amide bonds. The predicted octanol–water partition coefficient (Wildman–Crippen LogP) is 2.76. The maximum atomic E-state index is 13.3. The first-order valence-electron chi connectivity index (χ1n) is 4.41. The van der Waals surface area contributed by atoms with Crippen LogP contribution in [0.5, 0.6) is 0 Å². The molecule has 0 saturated heterocycles. The molecule has 1 heterocycles. The largest absolute Gasteiger partial charge is 0.262 e. The van der Waals surface area contributed by atoms with Crippen molar-refractivity contribution in [3.63, 3.8) is 0 Å². The average Bonchev–Trinajstić information content (AvgIpc) is 2.30. The molecule has 2 nitrogen and oxygen atoms in total. The Morgan fingerprint density at radius 1 is 1.13 bits per heavy atom. The van der Waals surface area contributed by atoms with Crippen LogP contribution in [-0.4, -0.2) is 4.98 Å². The van der Waals surface area contributed by atoms with Gasteiger partial charge >= 0.3 is 0 Å². The van der Waals surface area contributed by atoms with Gasteiger partial charge in [-0.05, 0) is 23.8 Å². The zero-order valence-corrected chi connectivity index (χ0v) is 7.81. The van der Waals surface area contributed by atoms with E-state index < -0.39 is 0 Å². The van der Waals surface area contributed by atoms with Crippen molar-refractivity contribution in [3.8, 4) is 17.2 Å². The molecule has 2 aromatic rings. The van der Waals surface area contributed by atoms with E-state index in [1.807, 2.05) is 6.07 Å². The Hall–Kier alpha value is -2.21. The lowest BCUT2D eigenvalue weighted by atomic mass is 10.1. The topological polar surface area (TPSA) is 36.7 Å². The maximum Gasteiger partial charge on any atom is 0.149 e. The summed E-state index contributed by atoms with van der Waals surface area (Å²) in [6.45, 7) is 0. The minimum absolute atomic E-state index is 0.359. The highest BCUT2D eigenvalue weighted by molar-refractivity contribution is 5.64. The van der Waals surface area contributed by atoms with Gasteiger partial charge in [-0.25, -0.2) is 4.39 Å². The molecule has 1 aromatic heterocycles. The van der Waals surface area contributed by atoms with Crippen molar-refractivity contribution in [1.82, 2.24) is 4.98 Å². The standard InChI is InChI=1S/C12H7FN2/c13-12-8-15-6-5-11(12)10-3-1-9(7-14)2-4-10/h1-6,8H. The number of pyridine rings is 1. The van der Waals surface area contributed by atoms with Crippen molar-refractivity contribution >= 4 is 0 Å². The van der Waals surface area contributed by atoms with Crippen LogP contribution in [0.25, 0.3) is 11.1 Å². The van der Waals surface area contributed by atoms with Crippen molar-refractivity contribution < 1.29 is 4.39 Å². The fourth-order valence-corrected chi connectivity index (χ4v) is 1.33. The average molecular weight is 198 g/mol. The predicted molar refractivity (Wildman–Crippen MR) is 54.3 cm³/mol. The molecule has 2 rings (SSSR count). The van der Waals surface area contributed by atoms with E-state index in [0.29, 0.717) is 11.1 Å². The summed E-state index contributed by atoms with van der Waals surface area (Å²) in [5, 5.41) is 8.62. The lowest BCUT2D eigenvalue weighted by Crippen LogP contribution is -1.85. The number of rotatable bonds is 1. The van der Waals surface area contributed by atoms with E-state index in [9.17, 15) is 4.39 Å². The zero-order chi connectivity index (χ0) is 10.7. The molecule has 0 aliphatic carbocycles. The first-order chi connectivity index (χ1) is 7.31. The van der Waals surface area contributed by atoms with Gasteiger partial charge in [0.25, 0.3) is 0 Å². The SMILES string of the molecule is N#Cc1ccc(-c2ccncc2F)cc1. The number of benzene rings is 1. The molecule has 3 heteroatoms.